The van der Waals surface area contributed by atoms with Gasteiger partial charge in [0.25, 0.3) is 0 Å². The number of rotatable bonds is 5. The quantitative estimate of drug-likeness (QED) is 0.466. The first-order valence-electron chi connectivity index (χ1n) is 10.3. The molecule has 158 valence electrons. The summed E-state index contributed by atoms with van der Waals surface area (Å²) < 4.78 is 10.8. The summed E-state index contributed by atoms with van der Waals surface area (Å²) in [5.74, 6) is 1.20. The number of nitrogens with zero attached hydrogens (tertiary/aromatic N) is 4. The van der Waals surface area contributed by atoms with Crippen LogP contribution in [0.25, 0.3) is 21.5 Å². The van der Waals surface area contributed by atoms with E-state index in [1.54, 1.807) is 18.4 Å². The lowest BCUT2D eigenvalue weighted by Crippen LogP contribution is -2.38. The van der Waals surface area contributed by atoms with Crippen molar-refractivity contribution in [3.8, 4) is 16.3 Å². The fourth-order valence-electron chi connectivity index (χ4n) is 4.03. The van der Waals surface area contributed by atoms with Gasteiger partial charge in [0.2, 0.25) is 5.91 Å². The Morgan fingerprint density at radius 1 is 1.13 bits per heavy atom. The van der Waals surface area contributed by atoms with Crippen molar-refractivity contribution in [1.29, 1.82) is 0 Å². The second kappa shape index (κ2) is 8.47. The van der Waals surface area contributed by atoms with Crippen LogP contribution in [0.15, 0.2) is 53.1 Å². The smallest absolute Gasteiger partial charge is 0.228 e. The summed E-state index contributed by atoms with van der Waals surface area (Å²) in [6.45, 7) is 1.42. The second-order valence-electron chi connectivity index (χ2n) is 7.60. The number of benzene rings is 2. The molecule has 4 aromatic rings. The first-order chi connectivity index (χ1) is 15.2. The predicted molar refractivity (Wildman–Crippen MR) is 118 cm³/mol. The second-order valence-corrected chi connectivity index (χ2v) is 8.61. The fourth-order valence-corrected chi connectivity index (χ4v) is 5.07. The highest BCUT2D eigenvalue weighted by atomic mass is 32.1. The largest absolute Gasteiger partial charge is 0.496 e. The van der Waals surface area contributed by atoms with E-state index < -0.39 is 0 Å². The van der Waals surface area contributed by atoms with E-state index in [0.717, 1.165) is 39.6 Å². The number of hydrogen-bond acceptors (Lipinski definition) is 7. The SMILES string of the molecule is COc1ccccc1-c1nnc(C2CCN(C(=O)Cc3noc4ccccc34)CC2)s1. The molecule has 0 bridgehead atoms. The summed E-state index contributed by atoms with van der Waals surface area (Å²) in [6, 6.07) is 15.5. The first kappa shape index (κ1) is 19.7. The van der Waals surface area contributed by atoms with Crippen LogP contribution < -0.4 is 4.74 Å². The Bertz CT molecular complexity index is 1210. The van der Waals surface area contributed by atoms with Crippen LogP contribution in [0.1, 0.15) is 29.5 Å². The van der Waals surface area contributed by atoms with Gasteiger partial charge in [-0.3, -0.25) is 4.79 Å². The summed E-state index contributed by atoms with van der Waals surface area (Å²) in [6.07, 6.45) is 2.02. The molecule has 1 fully saturated rings. The lowest BCUT2D eigenvalue weighted by Gasteiger charge is -2.30. The van der Waals surface area contributed by atoms with Crippen LogP contribution in [-0.4, -0.2) is 46.4 Å². The van der Waals surface area contributed by atoms with Crippen LogP contribution in [0.3, 0.4) is 0 Å². The van der Waals surface area contributed by atoms with Gasteiger partial charge < -0.3 is 14.2 Å². The zero-order chi connectivity index (χ0) is 21.2. The molecule has 7 nitrogen and oxygen atoms in total. The average molecular weight is 435 g/mol. The van der Waals surface area contributed by atoms with Gasteiger partial charge in [0.1, 0.15) is 16.5 Å². The molecule has 8 heteroatoms. The third-order valence-corrected chi connectivity index (χ3v) is 6.86. The normalized spacial score (nSPS) is 14.8. The number of ether oxygens (including phenoxy) is 1. The lowest BCUT2D eigenvalue weighted by atomic mass is 9.97. The molecule has 1 amide bonds. The van der Waals surface area contributed by atoms with Gasteiger partial charge in [0.05, 0.1) is 19.1 Å². The molecule has 31 heavy (non-hydrogen) atoms. The van der Waals surface area contributed by atoms with Crippen LogP contribution in [0.4, 0.5) is 0 Å². The van der Waals surface area contributed by atoms with E-state index in [1.165, 1.54) is 0 Å². The molecule has 1 saturated heterocycles. The highest BCUT2D eigenvalue weighted by Crippen LogP contribution is 2.36. The molecular formula is C23H22N4O3S. The van der Waals surface area contributed by atoms with E-state index in [9.17, 15) is 4.79 Å². The Hall–Kier alpha value is -3.26. The van der Waals surface area contributed by atoms with Crippen molar-refractivity contribution in [2.45, 2.75) is 25.2 Å². The van der Waals surface area contributed by atoms with Crippen LogP contribution in [0.2, 0.25) is 0 Å². The highest BCUT2D eigenvalue weighted by molar-refractivity contribution is 7.14. The van der Waals surface area contributed by atoms with Crippen molar-refractivity contribution in [2.24, 2.45) is 0 Å². The van der Waals surface area contributed by atoms with Crippen molar-refractivity contribution in [3.63, 3.8) is 0 Å². The maximum Gasteiger partial charge on any atom is 0.228 e. The lowest BCUT2D eigenvalue weighted by molar-refractivity contribution is -0.131. The Labute approximate surface area is 183 Å². The van der Waals surface area contributed by atoms with Gasteiger partial charge in [-0.15, -0.1) is 10.2 Å². The topological polar surface area (TPSA) is 81.4 Å². The molecule has 0 radical (unpaired) electrons. The van der Waals surface area contributed by atoms with Gasteiger partial charge in [0.15, 0.2) is 10.6 Å². The molecule has 5 rings (SSSR count). The minimum atomic E-state index is 0.0875. The molecule has 0 saturated carbocycles. The highest BCUT2D eigenvalue weighted by Gasteiger charge is 2.27. The molecule has 1 aliphatic rings. The molecule has 3 heterocycles. The molecule has 2 aromatic heterocycles. The van der Waals surface area contributed by atoms with E-state index in [0.29, 0.717) is 30.3 Å². The Morgan fingerprint density at radius 2 is 1.90 bits per heavy atom. The van der Waals surface area contributed by atoms with Crippen molar-refractivity contribution >= 4 is 28.2 Å². The number of amides is 1. The van der Waals surface area contributed by atoms with Crippen molar-refractivity contribution < 1.29 is 14.1 Å². The van der Waals surface area contributed by atoms with E-state index in [4.69, 9.17) is 9.26 Å². The molecule has 0 unspecified atom stereocenters. The number of methoxy groups -OCH3 is 1. The van der Waals surface area contributed by atoms with E-state index in [1.807, 2.05) is 53.4 Å². The summed E-state index contributed by atoms with van der Waals surface area (Å²) in [5, 5.41) is 15.7. The third-order valence-electron chi connectivity index (χ3n) is 5.75. The van der Waals surface area contributed by atoms with Crippen molar-refractivity contribution in [1.82, 2.24) is 20.3 Å². The molecule has 2 aromatic carbocycles. The number of aromatic nitrogens is 3. The Morgan fingerprint density at radius 3 is 2.74 bits per heavy atom. The zero-order valence-electron chi connectivity index (χ0n) is 17.2. The molecule has 0 spiro atoms. The van der Waals surface area contributed by atoms with E-state index in [-0.39, 0.29) is 12.3 Å². The summed E-state index contributed by atoms with van der Waals surface area (Å²) in [4.78, 5) is 14.7. The zero-order valence-corrected chi connectivity index (χ0v) is 18.0. The van der Waals surface area contributed by atoms with Gasteiger partial charge in [0, 0.05) is 24.4 Å². The summed E-state index contributed by atoms with van der Waals surface area (Å²) >= 11 is 1.61. The number of carbonyl (C=O) groups excluding carboxylic acids is 1. The van der Waals surface area contributed by atoms with Crippen LogP contribution >= 0.6 is 11.3 Å². The standard InChI is InChI=1S/C23H22N4O3S/c1-29-19-8-4-3-7-17(19)23-25-24-22(31-23)15-10-12-27(13-11-15)21(28)14-18-16-6-2-5-9-20(16)30-26-18/h2-9,15H,10-14H2,1H3. The predicted octanol–water partition coefficient (Wildman–Crippen LogP) is 4.30. The van der Waals surface area contributed by atoms with Crippen molar-refractivity contribution in [2.75, 3.05) is 20.2 Å². The number of likely N-dealkylation sites (tertiary alicyclic amines) is 1. The molecule has 0 aliphatic carbocycles. The van der Waals surface area contributed by atoms with Gasteiger partial charge in [-0.25, -0.2) is 0 Å². The monoisotopic (exact) mass is 434 g/mol. The van der Waals surface area contributed by atoms with Crippen LogP contribution in [0.5, 0.6) is 5.75 Å². The summed E-state index contributed by atoms with van der Waals surface area (Å²) in [7, 11) is 1.66. The average Bonchev–Trinajstić information content (AvgIpc) is 3.47. The minimum Gasteiger partial charge on any atom is -0.496 e. The van der Waals surface area contributed by atoms with Gasteiger partial charge in [-0.1, -0.05) is 40.8 Å². The Balaban J connectivity index is 1.23. The fraction of sp³-hybridized carbons (Fsp3) is 0.304. The minimum absolute atomic E-state index is 0.0875. The van der Waals surface area contributed by atoms with E-state index in [2.05, 4.69) is 15.4 Å². The van der Waals surface area contributed by atoms with Gasteiger partial charge >= 0.3 is 0 Å². The molecule has 0 N–H and O–H groups in total. The number of para-hydroxylation sites is 2. The van der Waals surface area contributed by atoms with Crippen molar-refractivity contribution in [3.05, 3.63) is 59.2 Å². The number of fused-ring (bicyclic) bond motifs is 1. The molecule has 1 aliphatic heterocycles. The van der Waals surface area contributed by atoms with Gasteiger partial charge in [-0.2, -0.15) is 0 Å². The Kier molecular flexibility index (Phi) is 5.38. The maximum absolute atomic E-state index is 12.8. The maximum atomic E-state index is 12.8. The summed E-state index contributed by atoms with van der Waals surface area (Å²) in [5.41, 5.74) is 2.38. The third kappa shape index (κ3) is 3.90. The van der Waals surface area contributed by atoms with Crippen LogP contribution in [0, 0.1) is 0 Å². The number of hydrogen-bond donors (Lipinski definition) is 0. The number of carbonyl (C=O) groups is 1. The van der Waals surface area contributed by atoms with Crippen LogP contribution in [-0.2, 0) is 11.2 Å². The molecule has 0 atom stereocenters. The first-order valence-corrected chi connectivity index (χ1v) is 11.1. The van der Waals surface area contributed by atoms with Gasteiger partial charge in [-0.05, 0) is 37.1 Å². The number of piperidine rings is 1. The van der Waals surface area contributed by atoms with E-state index >= 15 is 0 Å². The molecular weight excluding hydrogens is 412 g/mol.